The monoisotopic (exact) mass is 716 g/mol. The largest absolute Gasteiger partial charge is 0.444 e. The van der Waals surface area contributed by atoms with Gasteiger partial charge in [-0.3, -0.25) is 33.6 Å². The van der Waals surface area contributed by atoms with E-state index < -0.39 is 99.6 Å². The van der Waals surface area contributed by atoms with E-state index in [2.05, 4.69) is 10.6 Å². The van der Waals surface area contributed by atoms with E-state index in [1.807, 2.05) is 0 Å². The van der Waals surface area contributed by atoms with E-state index in [1.54, 1.807) is 69.2 Å². The van der Waals surface area contributed by atoms with Gasteiger partial charge in [-0.25, -0.2) is 9.59 Å². The molecular formula is C39H44N2O11. The van der Waals surface area contributed by atoms with Crippen molar-refractivity contribution >= 4 is 52.7 Å². The first-order valence-corrected chi connectivity index (χ1v) is 17.0. The van der Waals surface area contributed by atoms with E-state index in [4.69, 9.17) is 9.47 Å². The van der Waals surface area contributed by atoms with Gasteiger partial charge in [-0.15, -0.1) is 0 Å². The maximum absolute atomic E-state index is 13.7. The molecule has 4 rings (SSSR count). The van der Waals surface area contributed by atoms with E-state index in [0.717, 1.165) is 0 Å². The number of alkyl carbamates (subject to hydrolysis) is 2. The van der Waals surface area contributed by atoms with E-state index in [-0.39, 0.29) is 33.4 Å². The number of rotatable bonds is 10. The van der Waals surface area contributed by atoms with Gasteiger partial charge in [-0.05, 0) is 77.6 Å². The zero-order chi connectivity index (χ0) is 39.2. The standard InChI is InChI=1S/C39H44N2O11/c1-17(2)27(40-36(49)51-38(5,6)7)34(47)25-30(43)21-13-11-19(15-23(21)32(25)45)29(42)20-12-14-22-24(16-20)33(46)26(31(22)44)35(48)28(18(3)4)41-37(50)52-39(8,9)10/h11-18,25-28H,1-10H3,(H,40,49)(H,41,50)/t25?,26?,27-,28-/m1/s1. The fourth-order valence-electron chi connectivity index (χ4n) is 6.11. The Balaban J connectivity index is 1.57. The molecule has 0 spiro atoms. The number of ether oxygens (including phenoxy) is 2. The number of amides is 2. The molecule has 0 aliphatic heterocycles. The van der Waals surface area contributed by atoms with Crippen molar-refractivity contribution in [2.75, 3.05) is 0 Å². The second-order valence-electron chi connectivity index (χ2n) is 15.7. The highest BCUT2D eigenvalue weighted by atomic mass is 16.6. The van der Waals surface area contributed by atoms with Crippen molar-refractivity contribution in [3.8, 4) is 0 Å². The summed E-state index contributed by atoms with van der Waals surface area (Å²) >= 11 is 0. The number of Topliss-reactive ketones (excluding diaryl/α,β-unsaturated/α-hetero) is 6. The number of benzene rings is 2. The predicted octanol–water partition coefficient (Wildman–Crippen LogP) is 5.14. The van der Waals surface area contributed by atoms with Crippen LogP contribution < -0.4 is 10.6 Å². The van der Waals surface area contributed by atoms with Crippen LogP contribution in [0.5, 0.6) is 0 Å². The Morgan fingerprint density at radius 3 is 1.13 bits per heavy atom. The zero-order valence-corrected chi connectivity index (χ0v) is 30.9. The molecule has 2 aliphatic carbocycles. The van der Waals surface area contributed by atoms with Crippen molar-refractivity contribution in [1.82, 2.24) is 10.6 Å². The van der Waals surface area contributed by atoms with Crippen LogP contribution in [0.15, 0.2) is 36.4 Å². The van der Waals surface area contributed by atoms with Gasteiger partial charge in [-0.1, -0.05) is 39.8 Å². The van der Waals surface area contributed by atoms with Gasteiger partial charge in [-0.2, -0.15) is 0 Å². The highest BCUT2D eigenvalue weighted by Gasteiger charge is 2.48. The third-order valence-corrected chi connectivity index (χ3v) is 8.53. The second kappa shape index (κ2) is 14.4. The van der Waals surface area contributed by atoms with E-state index in [0.29, 0.717) is 0 Å². The molecule has 2 amide bonds. The van der Waals surface area contributed by atoms with Crippen LogP contribution in [0.3, 0.4) is 0 Å². The molecule has 13 nitrogen and oxygen atoms in total. The minimum Gasteiger partial charge on any atom is -0.444 e. The Bertz CT molecular complexity index is 1770. The zero-order valence-electron chi connectivity index (χ0n) is 30.9. The maximum Gasteiger partial charge on any atom is 0.408 e. The summed E-state index contributed by atoms with van der Waals surface area (Å²) in [6, 6.07) is 5.10. The smallest absolute Gasteiger partial charge is 0.408 e. The Morgan fingerprint density at radius 1 is 0.538 bits per heavy atom. The average Bonchev–Trinajstić information content (AvgIpc) is 3.42. The Kier molecular flexibility index (Phi) is 10.9. The van der Waals surface area contributed by atoms with Gasteiger partial charge < -0.3 is 20.1 Å². The molecule has 0 aromatic heterocycles. The third kappa shape index (κ3) is 8.08. The van der Waals surface area contributed by atoms with Crippen LogP contribution in [-0.4, -0.2) is 76.0 Å². The molecule has 2 N–H and O–H groups in total. The molecule has 2 aromatic rings. The fourth-order valence-corrected chi connectivity index (χ4v) is 6.11. The SMILES string of the molecule is CC(C)[C@@H](NC(=O)OC(C)(C)C)C(=O)C1C(=O)c2ccc(C(=O)c3ccc4c(c3)C(=O)C(C(=O)[C@H](NC(=O)OC(C)(C)C)C(C)C)C4=O)cc2C1=O. The van der Waals surface area contributed by atoms with Crippen LogP contribution in [0.2, 0.25) is 0 Å². The number of hydrogen-bond donors (Lipinski definition) is 2. The molecule has 276 valence electrons. The number of nitrogens with one attached hydrogen (secondary N) is 2. The minimum absolute atomic E-state index is 0.0360. The van der Waals surface area contributed by atoms with Gasteiger partial charge in [0.2, 0.25) is 0 Å². The summed E-state index contributed by atoms with van der Waals surface area (Å²) in [5, 5.41) is 4.94. The Morgan fingerprint density at radius 2 is 0.846 bits per heavy atom. The highest BCUT2D eigenvalue weighted by Crippen LogP contribution is 2.33. The van der Waals surface area contributed by atoms with E-state index in [1.165, 1.54) is 36.4 Å². The number of fused-ring (bicyclic) bond motifs is 2. The molecule has 0 saturated carbocycles. The summed E-state index contributed by atoms with van der Waals surface area (Å²) in [4.78, 5) is 119. The van der Waals surface area contributed by atoms with Crippen molar-refractivity contribution < 1.29 is 52.6 Å². The summed E-state index contributed by atoms with van der Waals surface area (Å²) in [5.41, 5.74) is -2.20. The maximum atomic E-state index is 13.7. The van der Waals surface area contributed by atoms with Crippen LogP contribution in [0, 0.1) is 23.7 Å². The van der Waals surface area contributed by atoms with Crippen LogP contribution in [0.1, 0.15) is 127 Å². The molecule has 52 heavy (non-hydrogen) atoms. The van der Waals surface area contributed by atoms with Gasteiger partial charge in [0.1, 0.15) is 23.0 Å². The van der Waals surface area contributed by atoms with Crippen LogP contribution in [0.4, 0.5) is 9.59 Å². The topological polar surface area (TPSA) is 196 Å². The number of hydrogen-bond acceptors (Lipinski definition) is 11. The molecule has 2 aliphatic rings. The molecule has 2 unspecified atom stereocenters. The Labute approximate surface area is 301 Å². The van der Waals surface area contributed by atoms with Gasteiger partial charge >= 0.3 is 12.2 Å². The number of ketones is 7. The predicted molar refractivity (Wildman–Crippen MR) is 187 cm³/mol. The first-order valence-electron chi connectivity index (χ1n) is 17.0. The molecule has 0 radical (unpaired) electrons. The first-order chi connectivity index (χ1) is 23.9. The highest BCUT2D eigenvalue weighted by molar-refractivity contribution is 6.38. The summed E-state index contributed by atoms with van der Waals surface area (Å²) in [7, 11) is 0. The summed E-state index contributed by atoms with van der Waals surface area (Å²) in [6.45, 7) is 16.4. The minimum atomic E-state index is -1.74. The van der Waals surface area contributed by atoms with Crippen molar-refractivity contribution in [3.63, 3.8) is 0 Å². The molecule has 4 atom stereocenters. The van der Waals surface area contributed by atoms with Gasteiger partial charge in [0, 0.05) is 33.4 Å². The lowest BCUT2D eigenvalue weighted by Crippen LogP contribution is -2.50. The van der Waals surface area contributed by atoms with Gasteiger partial charge in [0.15, 0.2) is 40.5 Å². The molecule has 13 heteroatoms. The van der Waals surface area contributed by atoms with Crippen LogP contribution >= 0.6 is 0 Å². The van der Waals surface area contributed by atoms with Crippen LogP contribution in [-0.2, 0) is 19.1 Å². The number of carbonyl (C=O) groups excluding carboxylic acids is 9. The normalized spacial score (nSPS) is 18.2. The Hall–Kier alpha value is -5.33. The summed E-state index contributed by atoms with van der Waals surface area (Å²) < 4.78 is 10.5. The van der Waals surface area contributed by atoms with Crippen LogP contribution in [0.25, 0.3) is 0 Å². The van der Waals surface area contributed by atoms with Crippen molar-refractivity contribution in [2.24, 2.45) is 23.7 Å². The number of carbonyl (C=O) groups is 9. The lowest BCUT2D eigenvalue weighted by atomic mass is 9.88. The van der Waals surface area contributed by atoms with Crippen molar-refractivity contribution in [3.05, 3.63) is 69.8 Å². The fraction of sp³-hybridized carbons (Fsp3) is 0.462. The lowest BCUT2D eigenvalue weighted by molar-refractivity contribution is -0.124. The van der Waals surface area contributed by atoms with E-state index >= 15 is 0 Å². The average molecular weight is 717 g/mol. The van der Waals surface area contributed by atoms with Crippen molar-refractivity contribution in [2.45, 2.75) is 92.5 Å². The van der Waals surface area contributed by atoms with E-state index in [9.17, 15) is 43.2 Å². The molecule has 2 aromatic carbocycles. The quantitative estimate of drug-likeness (QED) is 0.244. The molecule has 0 bridgehead atoms. The van der Waals surface area contributed by atoms with Gasteiger partial charge in [0.25, 0.3) is 0 Å². The molecule has 0 fully saturated rings. The summed E-state index contributed by atoms with van der Waals surface area (Å²) in [5.74, 6) is -9.93. The van der Waals surface area contributed by atoms with Crippen molar-refractivity contribution in [1.29, 1.82) is 0 Å². The summed E-state index contributed by atoms with van der Waals surface area (Å²) in [6.07, 6.45) is -1.77. The third-order valence-electron chi connectivity index (χ3n) is 8.53. The molecule has 0 heterocycles. The first kappa shape index (κ1) is 39.5. The second-order valence-corrected chi connectivity index (χ2v) is 15.7. The molecule has 0 saturated heterocycles. The lowest BCUT2D eigenvalue weighted by Gasteiger charge is -2.26. The molecular weight excluding hydrogens is 672 g/mol. The van der Waals surface area contributed by atoms with Gasteiger partial charge in [0.05, 0.1) is 12.1 Å².